The number of nitrogens with one attached hydrogen (secondary N) is 1. The van der Waals surface area contributed by atoms with Crippen LogP contribution in [-0.4, -0.2) is 68.5 Å². The van der Waals surface area contributed by atoms with Crippen molar-refractivity contribution in [3.8, 4) is 0 Å². The van der Waals surface area contributed by atoms with Crippen molar-refractivity contribution in [1.82, 2.24) is 5.32 Å². The van der Waals surface area contributed by atoms with Gasteiger partial charge in [0, 0.05) is 6.42 Å². The first-order valence-corrected chi connectivity index (χ1v) is 29.9. The molecular formula is C60H109N2O6P. The maximum Gasteiger partial charge on any atom is 0.268 e. The normalized spacial score (nSPS) is 14.6. The van der Waals surface area contributed by atoms with Crippen molar-refractivity contribution >= 4 is 13.7 Å². The van der Waals surface area contributed by atoms with Crippen molar-refractivity contribution in [2.75, 3.05) is 40.9 Å². The van der Waals surface area contributed by atoms with E-state index in [1.165, 1.54) is 148 Å². The maximum absolute atomic E-state index is 12.9. The third-order valence-corrected chi connectivity index (χ3v) is 13.3. The molecule has 0 aliphatic rings. The second-order valence-electron chi connectivity index (χ2n) is 20.2. The molecule has 0 aliphatic carbocycles. The van der Waals surface area contributed by atoms with E-state index in [2.05, 4.69) is 92.1 Å². The van der Waals surface area contributed by atoms with Crippen LogP contribution < -0.4 is 10.2 Å². The second kappa shape index (κ2) is 50.6. The molecule has 3 atom stereocenters. The van der Waals surface area contributed by atoms with E-state index in [9.17, 15) is 19.4 Å². The van der Waals surface area contributed by atoms with Crippen LogP contribution in [0.15, 0.2) is 85.1 Å². The number of carbonyl (C=O) groups is 1. The molecule has 0 radical (unpaired) electrons. The third kappa shape index (κ3) is 53.3. The Morgan fingerprint density at radius 2 is 0.899 bits per heavy atom. The van der Waals surface area contributed by atoms with E-state index in [0.29, 0.717) is 17.4 Å². The van der Waals surface area contributed by atoms with E-state index in [-0.39, 0.29) is 12.5 Å². The first-order valence-electron chi connectivity index (χ1n) is 28.4. The van der Waals surface area contributed by atoms with E-state index in [0.717, 1.165) is 70.6 Å². The number of hydrogen-bond acceptors (Lipinski definition) is 6. The maximum atomic E-state index is 12.9. The van der Waals surface area contributed by atoms with Crippen molar-refractivity contribution in [1.29, 1.82) is 0 Å². The lowest BCUT2D eigenvalue weighted by atomic mass is 10.0. The Morgan fingerprint density at radius 1 is 0.522 bits per heavy atom. The molecular weight excluding hydrogens is 876 g/mol. The average Bonchev–Trinajstić information content (AvgIpc) is 3.31. The number of aliphatic hydroxyl groups is 1. The van der Waals surface area contributed by atoms with E-state index in [1.807, 2.05) is 27.2 Å². The van der Waals surface area contributed by atoms with Crippen LogP contribution in [0.25, 0.3) is 0 Å². The highest BCUT2D eigenvalue weighted by Crippen LogP contribution is 2.38. The minimum atomic E-state index is -4.61. The Labute approximate surface area is 426 Å². The number of amides is 1. The van der Waals surface area contributed by atoms with E-state index in [4.69, 9.17) is 9.05 Å². The lowest BCUT2D eigenvalue weighted by Crippen LogP contribution is -2.45. The number of aliphatic hydroxyl groups excluding tert-OH is 1. The number of allylic oxidation sites excluding steroid dienone is 13. The highest BCUT2D eigenvalue weighted by atomic mass is 31.2. The summed E-state index contributed by atoms with van der Waals surface area (Å²) in [6.07, 6.45) is 70.9. The summed E-state index contributed by atoms with van der Waals surface area (Å²) in [7, 11) is 1.23. The van der Waals surface area contributed by atoms with Crippen molar-refractivity contribution in [2.24, 2.45) is 0 Å². The van der Waals surface area contributed by atoms with Gasteiger partial charge >= 0.3 is 0 Å². The molecule has 8 nitrogen and oxygen atoms in total. The van der Waals surface area contributed by atoms with Crippen LogP contribution in [0, 0.1) is 0 Å². The van der Waals surface area contributed by atoms with Gasteiger partial charge in [-0.3, -0.25) is 9.36 Å². The van der Waals surface area contributed by atoms with Crippen LogP contribution in [0.2, 0.25) is 0 Å². The summed E-state index contributed by atoms with van der Waals surface area (Å²) >= 11 is 0. The Balaban J connectivity index is 4.15. The number of hydrogen-bond donors (Lipinski definition) is 2. The fraction of sp³-hybridized carbons (Fsp3) is 0.750. The molecule has 2 N–H and O–H groups in total. The van der Waals surface area contributed by atoms with Crippen molar-refractivity contribution in [3.63, 3.8) is 0 Å². The Bertz CT molecular complexity index is 1400. The first kappa shape index (κ1) is 66.7. The number of quaternary nitrogens is 1. The van der Waals surface area contributed by atoms with Gasteiger partial charge in [-0.05, 0) is 83.5 Å². The summed E-state index contributed by atoms with van der Waals surface area (Å²) < 4.78 is 23.3. The predicted octanol–water partition coefficient (Wildman–Crippen LogP) is 16.6. The lowest BCUT2D eigenvalue weighted by molar-refractivity contribution is -0.870. The minimum Gasteiger partial charge on any atom is -0.756 e. The largest absolute Gasteiger partial charge is 0.756 e. The molecule has 0 heterocycles. The lowest BCUT2D eigenvalue weighted by Gasteiger charge is -2.29. The molecule has 1 amide bonds. The highest BCUT2D eigenvalue weighted by molar-refractivity contribution is 7.45. The van der Waals surface area contributed by atoms with Crippen LogP contribution in [0.3, 0.4) is 0 Å². The summed E-state index contributed by atoms with van der Waals surface area (Å²) in [6, 6.07) is -0.912. The minimum absolute atomic E-state index is 0.0110. The fourth-order valence-electron chi connectivity index (χ4n) is 7.88. The van der Waals surface area contributed by atoms with Crippen LogP contribution in [0.1, 0.15) is 239 Å². The number of nitrogens with zero attached hydrogens (tertiary/aromatic N) is 1. The van der Waals surface area contributed by atoms with Gasteiger partial charge < -0.3 is 28.8 Å². The van der Waals surface area contributed by atoms with Crippen LogP contribution in [0.5, 0.6) is 0 Å². The van der Waals surface area contributed by atoms with Crippen LogP contribution in [-0.2, 0) is 18.4 Å². The molecule has 0 aromatic rings. The standard InChI is InChI=1S/C60H109N2O6P/c1-6-8-10-12-14-16-18-20-22-24-25-26-27-28-29-30-31-32-33-34-35-36-37-38-40-42-44-46-48-50-52-54-60(64)61-58(57-68-69(65,66)67-56-55-62(3,4)5)59(63)53-51-49-47-45-43-41-39-23-21-19-17-15-13-11-9-7-2/h8,10,14,16,20-23,25-26,43,45,51,53,58-59,63H,6-7,9,11-13,15,17-19,24,27-42,44,46-50,52,54-57H2,1-5H3,(H-,61,64,65,66)/b10-8-,16-14-,22-20-,23-21+,26-25-,45-43+,53-51+. The molecule has 0 rings (SSSR count). The zero-order valence-corrected chi connectivity index (χ0v) is 46.4. The van der Waals surface area contributed by atoms with Gasteiger partial charge in [-0.25, -0.2) is 0 Å². The zero-order valence-electron chi connectivity index (χ0n) is 45.5. The van der Waals surface area contributed by atoms with E-state index < -0.39 is 26.6 Å². The Kier molecular flexibility index (Phi) is 48.9. The van der Waals surface area contributed by atoms with Gasteiger partial charge in [0.15, 0.2) is 0 Å². The van der Waals surface area contributed by atoms with Gasteiger partial charge in [-0.1, -0.05) is 234 Å². The van der Waals surface area contributed by atoms with Crippen molar-refractivity contribution in [2.45, 2.75) is 251 Å². The molecule has 9 heteroatoms. The third-order valence-electron chi connectivity index (χ3n) is 12.3. The summed E-state index contributed by atoms with van der Waals surface area (Å²) in [5.74, 6) is -0.212. The molecule has 0 aliphatic heterocycles. The molecule has 0 bridgehead atoms. The monoisotopic (exact) mass is 985 g/mol. The summed E-state index contributed by atoms with van der Waals surface area (Å²) in [4.78, 5) is 25.5. The summed E-state index contributed by atoms with van der Waals surface area (Å²) in [6.45, 7) is 4.50. The van der Waals surface area contributed by atoms with Gasteiger partial charge in [0.2, 0.25) is 5.91 Å². The van der Waals surface area contributed by atoms with Gasteiger partial charge in [-0.2, -0.15) is 0 Å². The molecule has 0 fully saturated rings. The number of phosphoric ester groups is 1. The van der Waals surface area contributed by atoms with Crippen molar-refractivity contribution < 1.29 is 32.9 Å². The molecule has 69 heavy (non-hydrogen) atoms. The molecule has 3 unspecified atom stereocenters. The topological polar surface area (TPSA) is 108 Å². The number of unbranched alkanes of at least 4 members (excludes halogenated alkanes) is 26. The highest BCUT2D eigenvalue weighted by Gasteiger charge is 2.23. The summed E-state index contributed by atoms with van der Waals surface area (Å²) in [5.41, 5.74) is 0. The summed E-state index contributed by atoms with van der Waals surface area (Å²) in [5, 5.41) is 13.8. The van der Waals surface area contributed by atoms with Gasteiger partial charge in [-0.15, -0.1) is 0 Å². The molecule has 0 saturated heterocycles. The van der Waals surface area contributed by atoms with Crippen LogP contribution >= 0.6 is 7.82 Å². The van der Waals surface area contributed by atoms with Gasteiger partial charge in [0.05, 0.1) is 39.9 Å². The van der Waals surface area contributed by atoms with Gasteiger partial charge in [0.1, 0.15) is 13.2 Å². The number of likely N-dealkylation sites (N-methyl/N-ethyl adjacent to an activating group) is 1. The Morgan fingerprint density at radius 3 is 1.35 bits per heavy atom. The fourth-order valence-corrected chi connectivity index (χ4v) is 8.61. The molecule has 0 aromatic heterocycles. The Hall–Kier alpha value is -2.32. The molecule has 0 spiro atoms. The van der Waals surface area contributed by atoms with Gasteiger partial charge in [0.25, 0.3) is 7.82 Å². The first-order chi connectivity index (χ1) is 33.5. The molecule has 0 aromatic carbocycles. The number of carbonyl (C=O) groups excluding carboxylic acids is 1. The number of rotatable bonds is 51. The average molecular weight is 986 g/mol. The quantitative estimate of drug-likeness (QED) is 0.0272. The molecule has 0 saturated carbocycles. The van der Waals surface area contributed by atoms with E-state index in [1.54, 1.807) is 6.08 Å². The van der Waals surface area contributed by atoms with Crippen LogP contribution in [0.4, 0.5) is 0 Å². The SMILES string of the molecule is CC/C=C\C/C=C\C/C=C\C/C=C\CCCCCCCCCCCCCCCCCCCCC(=O)NC(COP(=O)([O-])OCC[N+](C)(C)C)C(O)/C=C/CC/C=C/CC/C=C/CCCCCCCC. The smallest absolute Gasteiger partial charge is 0.268 e. The van der Waals surface area contributed by atoms with E-state index >= 15 is 0 Å². The predicted molar refractivity (Wildman–Crippen MR) is 297 cm³/mol. The second-order valence-corrected chi connectivity index (χ2v) is 21.7. The number of phosphoric acid groups is 1. The van der Waals surface area contributed by atoms with Crippen molar-refractivity contribution in [3.05, 3.63) is 85.1 Å². The molecule has 400 valence electrons. The zero-order chi connectivity index (χ0) is 50.6.